The Morgan fingerprint density at radius 1 is 0.326 bits per heavy atom. The number of nitrogens with zero attached hydrogens (tertiary/aromatic N) is 3. The van der Waals surface area contributed by atoms with E-state index in [1.165, 1.54) is 120 Å². The molecule has 0 saturated carbocycles. The van der Waals surface area contributed by atoms with Crippen molar-refractivity contribution in [3.63, 3.8) is 0 Å². The predicted octanol–water partition coefficient (Wildman–Crippen LogP) is 21.6. The molecule has 0 bridgehead atoms. The molecule has 2 heterocycles. The zero-order valence-electron chi connectivity index (χ0n) is 53.3. The minimum Gasteiger partial charge on any atom is -0.311 e. The number of anilines is 9. The molecule has 0 spiro atoms. The van der Waals surface area contributed by atoms with Gasteiger partial charge in [0.1, 0.15) is 0 Å². The van der Waals surface area contributed by atoms with Gasteiger partial charge in [-0.15, -0.1) is 0 Å². The van der Waals surface area contributed by atoms with Gasteiger partial charge >= 0.3 is 0 Å². The van der Waals surface area contributed by atoms with Gasteiger partial charge in [-0.25, -0.2) is 0 Å². The average Bonchev–Trinajstić information content (AvgIpc) is 0.705. The van der Waals surface area contributed by atoms with Gasteiger partial charge in [-0.2, -0.15) is 0 Å². The molecule has 12 rings (SSSR count). The molecule has 10 aromatic carbocycles. The Morgan fingerprint density at radius 3 is 1.22 bits per heavy atom. The molecule has 0 aliphatic carbocycles. The highest BCUT2D eigenvalue weighted by molar-refractivity contribution is 7.00. The summed E-state index contributed by atoms with van der Waals surface area (Å²) in [7, 11) is 0. The van der Waals surface area contributed by atoms with Crippen LogP contribution < -0.4 is 31.1 Å². The SMILES string of the molecule is CCCCCCc1ccc(N2c3cc(N(c4ccc(C(C)(C)C)cc4)c4ccc(C(C)(C)C)cc4)ccc3B3c4cc(C(C)(C)C)ccc4N(c4ccc(C(C)(C)C)cc4)c4cc(-c5cc(-c6ccccc6)cc(-c6ccccc6)c5)cc2c43)cc1. The summed E-state index contributed by atoms with van der Waals surface area (Å²) in [4.78, 5) is 7.69. The fraction of sp³-hybridized carbons (Fsp3) is 0.268. The zero-order chi connectivity index (χ0) is 60.3. The second-order valence-electron chi connectivity index (χ2n) is 28.5. The van der Waals surface area contributed by atoms with Crippen molar-refractivity contribution in [2.75, 3.05) is 14.7 Å². The third kappa shape index (κ3) is 11.5. The molecule has 2 aliphatic heterocycles. The lowest BCUT2D eigenvalue weighted by Gasteiger charge is -2.45. The van der Waals surface area contributed by atoms with E-state index in [1.54, 1.807) is 0 Å². The van der Waals surface area contributed by atoms with Gasteiger partial charge in [-0.3, -0.25) is 0 Å². The summed E-state index contributed by atoms with van der Waals surface area (Å²) < 4.78 is 0. The highest BCUT2D eigenvalue weighted by atomic mass is 15.2. The minimum atomic E-state index is -0.0873. The molecule has 0 unspecified atom stereocenters. The largest absolute Gasteiger partial charge is 0.311 e. The first-order valence-electron chi connectivity index (χ1n) is 31.7. The molecule has 10 aromatic rings. The fourth-order valence-corrected chi connectivity index (χ4v) is 13.0. The normalized spacial score (nSPS) is 13.1. The number of hydrogen-bond acceptors (Lipinski definition) is 3. The molecule has 0 N–H and O–H groups in total. The number of benzene rings is 10. The first-order valence-corrected chi connectivity index (χ1v) is 31.7. The number of rotatable bonds is 13. The molecule has 4 heteroatoms. The van der Waals surface area contributed by atoms with E-state index >= 15 is 0 Å². The summed E-state index contributed by atoms with van der Waals surface area (Å²) >= 11 is 0. The number of aryl methyl sites for hydroxylation is 1. The molecule has 0 aromatic heterocycles. The van der Waals surface area contributed by atoms with Gasteiger partial charge in [0.05, 0.1) is 0 Å². The standard InChI is InChI=1S/C82H86BN3/c1-14-15-16-19-24-56-29-38-69(39-30-56)86-75-55-71(84(67-40-31-63(32-41-67)79(2,3)4)68-42-33-64(34-43-68)80(5,6)7)46-47-72(75)83-73-54-66(82(11,12)13)37-48-74(73)85(70-44-35-65(36-45-70)81(8,9)10)76-52-62(53-77(86)78(76)83)61-50-59(57-25-20-17-21-26-57)49-60(51-61)58-27-22-18-23-28-58/h17-18,20-23,25-55H,14-16,19,24H2,1-13H3. The molecular formula is C82H86BN3. The smallest absolute Gasteiger partial charge is 0.252 e. The van der Waals surface area contributed by atoms with Crippen molar-refractivity contribution in [2.24, 2.45) is 0 Å². The molecule has 0 atom stereocenters. The molecule has 0 saturated heterocycles. The van der Waals surface area contributed by atoms with E-state index in [-0.39, 0.29) is 28.4 Å². The maximum atomic E-state index is 2.63. The van der Waals surface area contributed by atoms with Gasteiger partial charge in [-0.1, -0.05) is 237 Å². The molecule has 86 heavy (non-hydrogen) atoms. The van der Waals surface area contributed by atoms with Gasteiger partial charge in [0.25, 0.3) is 6.71 Å². The topological polar surface area (TPSA) is 9.72 Å². The van der Waals surface area contributed by atoms with Crippen LogP contribution in [0.1, 0.15) is 144 Å². The second kappa shape index (κ2) is 22.8. The van der Waals surface area contributed by atoms with Crippen LogP contribution in [0.3, 0.4) is 0 Å². The van der Waals surface area contributed by atoms with E-state index in [0.29, 0.717) is 0 Å². The lowest BCUT2D eigenvalue weighted by atomic mass is 9.33. The second-order valence-corrected chi connectivity index (χ2v) is 28.5. The monoisotopic (exact) mass is 1120 g/mol. The fourth-order valence-electron chi connectivity index (χ4n) is 13.0. The summed E-state index contributed by atoms with van der Waals surface area (Å²) in [5.41, 5.74) is 28.0. The Balaban J connectivity index is 1.17. The van der Waals surface area contributed by atoms with Gasteiger partial charge in [-0.05, 0) is 209 Å². The van der Waals surface area contributed by atoms with Gasteiger partial charge in [0, 0.05) is 51.2 Å². The number of fused-ring (bicyclic) bond motifs is 4. The Kier molecular flexibility index (Phi) is 15.4. The van der Waals surface area contributed by atoms with E-state index in [0.717, 1.165) is 40.4 Å². The van der Waals surface area contributed by atoms with Crippen molar-refractivity contribution >= 4 is 74.3 Å². The third-order valence-electron chi connectivity index (χ3n) is 18.1. The molecule has 3 nitrogen and oxygen atoms in total. The van der Waals surface area contributed by atoms with Crippen LogP contribution in [0, 0.1) is 0 Å². The van der Waals surface area contributed by atoms with Crippen LogP contribution in [0.2, 0.25) is 0 Å². The molecule has 0 fully saturated rings. The van der Waals surface area contributed by atoms with Crippen LogP contribution in [0.25, 0.3) is 33.4 Å². The maximum absolute atomic E-state index is 2.63. The molecule has 2 aliphatic rings. The summed E-state index contributed by atoms with van der Waals surface area (Å²) in [5, 5.41) is 0. The zero-order valence-corrected chi connectivity index (χ0v) is 53.3. The van der Waals surface area contributed by atoms with Crippen molar-refractivity contribution in [1.29, 1.82) is 0 Å². The molecular weight excluding hydrogens is 1040 g/mol. The molecule has 0 radical (unpaired) electrons. The van der Waals surface area contributed by atoms with Gasteiger partial charge in [0.15, 0.2) is 0 Å². The van der Waals surface area contributed by atoms with Crippen LogP contribution in [0.15, 0.2) is 224 Å². The van der Waals surface area contributed by atoms with Crippen LogP contribution in [0.5, 0.6) is 0 Å². The lowest BCUT2D eigenvalue weighted by Crippen LogP contribution is -2.61. The van der Waals surface area contributed by atoms with Crippen molar-refractivity contribution in [1.82, 2.24) is 0 Å². The van der Waals surface area contributed by atoms with Gasteiger partial charge in [0.2, 0.25) is 0 Å². The van der Waals surface area contributed by atoms with Crippen LogP contribution in [0.4, 0.5) is 51.2 Å². The average molecular weight is 1120 g/mol. The number of unbranched alkanes of at least 4 members (excludes halogenated alkanes) is 3. The van der Waals surface area contributed by atoms with E-state index in [2.05, 4.69) is 329 Å². The molecule has 432 valence electrons. The van der Waals surface area contributed by atoms with Crippen molar-refractivity contribution < 1.29 is 0 Å². The summed E-state index contributed by atoms with van der Waals surface area (Å²) in [5.74, 6) is 0. The summed E-state index contributed by atoms with van der Waals surface area (Å²) in [6.45, 7) is 30.0. The maximum Gasteiger partial charge on any atom is 0.252 e. The Morgan fingerprint density at radius 2 is 0.744 bits per heavy atom. The van der Waals surface area contributed by atoms with E-state index in [9.17, 15) is 0 Å². The summed E-state index contributed by atoms with van der Waals surface area (Å²) in [6, 6.07) is 86.4. The highest BCUT2D eigenvalue weighted by Crippen LogP contribution is 2.49. The van der Waals surface area contributed by atoms with E-state index in [1.807, 2.05) is 0 Å². The quantitative estimate of drug-likeness (QED) is 0.0841. The van der Waals surface area contributed by atoms with E-state index < -0.39 is 0 Å². The highest BCUT2D eigenvalue weighted by Gasteiger charge is 2.44. The third-order valence-corrected chi connectivity index (χ3v) is 18.1. The van der Waals surface area contributed by atoms with Crippen molar-refractivity contribution in [2.45, 2.75) is 144 Å². The Bertz CT molecular complexity index is 3920. The Labute approximate surface area is 515 Å². The molecule has 0 amide bonds. The lowest BCUT2D eigenvalue weighted by molar-refractivity contribution is 0.590. The number of hydrogen-bond donors (Lipinski definition) is 0. The van der Waals surface area contributed by atoms with Crippen LogP contribution >= 0.6 is 0 Å². The summed E-state index contributed by atoms with van der Waals surface area (Å²) in [6.07, 6.45) is 6.01. The van der Waals surface area contributed by atoms with Crippen molar-refractivity contribution in [3.05, 3.63) is 252 Å². The van der Waals surface area contributed by atoms with Crippen LogP contribution in [-0.2, 0) is 28.1 Å². The predicted molar refractivity (Wildman–Crippen MR) is 374 cm³/mol. The van der Waals surface area contributed by atoms with Gasteiger partial charge < -0.3 is 14.7 Å². The van der Waals surface area contributed by atoms with Crippen molar-refractivity contribution in [3.8, 4) is 33.4 Å². The Hall–Kier alpha value is -8.34. The van der Waals surface area contributed by atoms with Crippen LogP contribution in [-0.4, -0.2) is 6.71 Å². The first-order chi connectivity index (χ1) is 41.1. The minimum absolute atomic E-state index is 0.000190. The first kappa shape index (κ1) is 58.1. The van der Waals surface area contributed by atoms with E-state index in [4.69, 9.17) is 0 Å².